The lowest BCUT2D eigenvalue weighted by Crippen LogP contribution is -2.45. The Labute approximate surface area is 139 Å². The van der Waals surface area contributed by atoms with Gasteiger partial charge in [-0.05, 0) is 25.8 Å². The van der Waals surface area contributed by atoms with Crippen LogP contribution < -0.4 is 0 Å². The lowest BCUT2D eigenvalue weighted by atomic mass is 10.2. The van der Waals surface area contributed by atoms with Crippen LogP contribution >= 0.6 is 11.2 Å². The zero-order valence-corrected chi connectivity index (χ0v) is 16.8. The fourth-order valence-corrected chi connectivity index (χ4v) is 6.04. The molecular formula is C16H29NO3SSi. The molecule has 0 bridgehead atoms. The normalized spacial score (nSPS) is 19.7. The summed E-state index contributed by atoms with van der Waals surface area (Å²) in [5.41, 5.74) is -0.600. The number of hydrogen-bond donors (Lipinski definition) is 0. The zero-order chi connectivity index (χ0) is 17.3. The Morgan fingerprint density at radius 2 is 1.82 bits per heavy atom. The van der Waals surface area contributed by atoms with Crippen molar-refractivity contribution in [2.24, 2.45) is 0 Å². The van der Waals surface area contributed by atoms with Gasteiger partial charge in [0.1, 0.15) is 12.8 Å². The van der Waals surface area contributed by atoms with Gasteiger partial charge in [-0.3, -0.25) is 4.79 Å². The Kier molecular flexibility index (Phi) is 5.61. The molecule has 126 valence electrons. The van der Waals surface area contributed by atoms with Crippen LogP contribution in [0.3, 0.4) is 0 Å². The summed E-state index contributed by atoms with van der Waals surface area (Å²) in [4.78, 5) is 25.5. The minimum atomic E-state index is -1.51. The Morgan fingerprint density at radius 3 is 2.27 bits per heavy atom. The van der Waals surface area contributed by atoms with E-state index in [1.165, 1.54) is 11.0 Å². The molecule has 0 fully saturated rings. The molecule has 22 heavy (non-hydrogen) atoms. The molecule has 1 aliphatic rings. The van der Waals surface area contributed by atoms with Gasteiger partial charge in [0.15, 0.2) is 0 Å². The van der Waals surface area contributed by atoms with E-state index in [0.717, 1.165) is 5.75 Å². The molecule has 0 unspecified atom stereocenters. The average molecular weight is 344 g/mol. The minimum absolute atomic E-state index is 0.207. The predicted octanol–water partition coefficient (Wildman–Crippen LogP) is 4.43. The summed E-state index contributed by atoms with van der Waals surface area (Å²) >= 11 is 1.91. The fraction of sp³-hybridized carbons (Fsp3) is 0.750. The van der Waals surface area contributed by atoms with Crippen molar-refractivity contribution < 1.29 is 14.3 Å². The van der Waals surface area contributed by atoms with Crippen molar-refractivity contribution in [2.75, 3.05) is 5.75 Å². The molecule has 0 radical (unpaired) electrons. The van der Waals surface area contributed by atoms with Gasteiger partial charge in [0, 0.05) is 11.8 Å². The highest BCUT2D eigenvalue weighted by molar-refractivity contribution is 8.29. The minimum Gasteiger partial charge on any atom is -0.443 e. The van der Waals surface area contributed by atoms with Gasteiger partial charge in [-0.15, -0.1) is 0 Å². The second kappa shape index (κ2) is 6.39. The van der Waals surface area contributed by atoms with E-state index in [2.05, 4.69) is 33.9 Å². The van der Waals surface area contributed by atoms with Gasteiger partial charge in [0.2, 0.25) is 0 Å². The van der Waals surface area contributed by atoms with Gasteiger partial charge in [-0.25, -0.2) is 9.69 Å². The van der Waals surface area contributed by atoms with Gasteiger partial charge in [-0.2, -0.15) is 11.2 Å². The first-order chi connectivity index (χ1) is 9.74. The number of amides is 2. The number of carbonyl (C=O) groups excluding carboxylic acids is 2. The van der Waals surface area contributed by atoms with Crippen LogP contribution in [-0.2, 0) is 9.53 Å². The van der Waals surface area contributed by atoms with E-state index < -0.39 is 18.9 Å². The molecule has 1 aliphatic heterocycles. The Bertz CT molecular complexity index is 475. The smallest absolute Gasteiger partial charge is 0.417 e. The molecule has 0 N–H and O–H groups in total. The molecule has 0 aliphatic carbocycles. The molecule has 0 aromatic rings. The molecule has 0 spiro atoms. The van der Waals surface area contributed by atoms with E-state index in [4.69, 9.17) is 4.74 Å². The molecule has 1 rings (SSSR count). The van der Waals surface area contributed by atoms with Crippen LogP contribution in [0.15, 0.2) is 12.2 Å². The first-order valence-electron chi connectivity index (χ1n) is 7.63. The highest BCUT2D eigenvalue weighted by atomic mass is 32.4. The Hall–Kier alpha value is -0.753. The average Bonchev–Trinajstić information content (AvgIpc) is 2.64. The second-order valence-corrected chi connectivity index (χ2v) is 17.3. The van der Waals surface area contributed by atoms with E-state index in [1.807, 2.05) is 17.3 Å². The van der Waals surface area contributed by atoms with Crippen LogP contribution in [0, 0.1) is 0 Å². The summed E-state index contributed by atoms with van der Waals surface area (Å²) in [6, 6.07) is -0.207. The molecule has 2 amide bonds. The highest BCUT2D eigenvalue weighted by Crippen LogP contribution is 2.43. The Morgan fingerprint density at radius 1 is 1.27 bits per heavy atom. The molecule has 0 saturated heterocycles. The molecule has 6 heteroatoms. The molecule has 1 heterocycles. The summed E-state index contributed by atoms with van der Waals surface area (Å²) in [5.74, 6) is 0.452. The largest absolute Gasteiger partial charge is 0.443 e. The summed E-state index contributed by atoms with van der Waals surface area (Å²) in [6.07, 6.45) is 2.73. The van der Waals surface area contributed by atoms with Gasteiger partial charge in [-0.1, -0.05) is 39.9 Å². The number of nitrogens with zero attached hydrogens (tertiary/aromatic N) is 1. The number of hydrogen-bond acceptors (Lipinski definition) is 4. The SMILES string of the molecule is CC(C)(C)OC(=O)N1C(=O)C=C[C@H]1CS[Si](C)(C)C(C)(C)C. The molecule has 1 atom stereocenters. The van der Waals surface area contributed by atoms with E-state index in [-0.39, 0.29) is 17.0 Å². The van der Waals surface area contributed by atoms with Gasteiger partial charge in [0.25, 0.3) is 5.91 Å². The summed E-state index contributed by atoms with van der Waals surface area (Å²) < 4.78 is 5.35. The number of ether oxygens (including phenoxy) is 1. The molecule has 0 aromatic carbocycles. The Balaban J connectivity index is 2.76. The van der Waals surface area contributed by atoms with Gasteiger partial charge >= 0.3 is 6.09 Å². The van der Waals surface area contributed by atoms with Crippen LogP contribution in [0.5, 0.6) is 0 Å². The van der Waals surface area contributed by atoms with E-state index in [1.54, 1.807) is 20.8 Å². The van der Waals surface area contributed by atoms with E-state index in [9.17, 15) is 9.59 Å². The monoisotopic (exact) mass is 343 g/mol. The lowest BCUT2D eigenvalue weighted by molar-refractivity contribution is -0.124. The van der Waals surface area contributed by atoms with Crippen molar-refractivity contribution in [3.8, 4) is 0 Å². The number of imide groups is 1. The van der Waals surface area contributed by atoms with Gasteiger partial charge < -0.3 is 4.74 Å². The fourth-order valence-electron chi connectivity index (χ4n) is 1.70. The maximum atomic E-state index is 12.2. The third-order valence-corrected chi connectivity index (χ3v) is 13.4. The van der Waals surface area contributed by atoms with Crippen molar-refractivity contribution in [1.82, 2.24) is 4.90 Å². The first-order valence-corrected chi connectivity index (χ1v) is 12.3. The highest BCUT2D eigenvalue weighted by Gasteiger charge is 2.39. The number of carbonyl (C=O) groups is 2. The topological polar surface area (TPSA) is 46.6 Å². The second-order valence-electron chi connectivity index (χ2n) is 8.19. The quantitative estimate of drug-likeness (QED) is 0.711. The molecular weight excluding hydrogens is 314 g/mol. The van der Waals surface area contributed by atoms with Crippen molar-refractivity contribution in [2.45, 2.75) is 71.3 Å². The lowest BCUT2D eigenvalue weighted by Gasteiger charge is -2.37. The third-order valence-electron chi connectivity index (χ3n) is 4.04. The maximum absolute atomic E-state index is 12.2. The maximum Gasteiger partial charge on any atom is 0.417 e. The first kappa shape index (κ1) is 19.3. The van der Waals surface area contributed by atoms with Crippen LogP contribution in [0.4, 0.5) is 4.79 Å². The van der Waals surface area contributed by atoms with Crippen LogP contribution in [0.1, 0.15) is 41.5 Å². The van der Waals surface area contributed by atoms with Crippen LogP contribution in [0.25, 0.3) is 0 Å². The zero-order valence-electron chi connectivity index (χ0n) is 15.0. The van der Waals surface area contributed by atoms with Crippen molar-refractivity contribution in [3.05, 3.63) is 12.2 Å². The van der Waals surface area contributed by atoms with Crippen molar-refractivity contribution >= 4 is 30.4 Å². The third kappa shape index (κ3) is 4.88. The predicted molar refractivity (Wildman–Crippen MR) is 95.7 cm³/mol. The molecule has 0 saturated carbocycles. The van der Waals surface area contributed by atoms with Crippen LogP contribution in [-0.4, -0.2) is 41.5 Å². The van der Waals surface area contributed by atoms with Crippen molar-refractivity contribution in [1.29, 1.82) is 0 Å². The molecule has 4 nitrogen and oxygen atoms in total. The van der Waals surface area contributed by atoms with E-state index >= 15 is 0 Å². The summed E-state index contributed by atoms with van der Waals surface area (Å²) in [6.45, 7) is 16.8. The molecule has 0 aromatic heterocycles. The van der Waals surface area contributed by atoms with E-state index in [0.29, 0.717) is 0 Å². The van der Waals surface area contributed by atoms with Crippen LogP contribution in [0.2, 0.25) is 18.1 Å². The summed E-state index contributed by atoms with van der Waals surface area (Å²) in [5, 5.41) is 0.265. The van der Waals surface area contributed by atoms with Crippen molar-refractivity contribution in [3.63, 3.8) is 0 Å². The van der Waals surface area contributed by atoms with Gasteiger partial charge in [0.05, 0.1) is 6.04 Å². The summed E-state index contributed by atoms with van der Waals surface area (Å²) in [7, 11) is -1.51. The standard InChI is InChI=1S/C16H29NO3SSi/c1-15(2,3)20-14(19)17-12(9-10-13(17)18)11-21-22(7,8)16(4,5)6/h9-10,12H,11H2,1-8H3/t12-/m0/s1. The number of rotatable bonds is 3.